The van der Waals surface area contributed by atoms with E-state index in [1.165, 1.54) is 48.5 Å². The maximum Gasteiger partial charge on any atom is 0.411 e. The molecule has 59 heavy (non-hydrogen) atoms. The standard InChI is InChI=1S/C49H34F6O4/c1-32-7-11-35(12-8-32)45(56)37-15-23-41(24-16-37)58-43-27-19-39(20-28-43)47(48(50,51)52,49(53,54)55)40-21-29-44(30-22-40)59-42-25-17-38(18-26-42)46(57)36-13-9-34(10-14-36)31-33-5-3-2-4-6-33/h2-30H,31H2,1H3. The van der Waals surface area contributed by atoms with Crippen molar-refractivity contribution in [3.8, 4) is 23.0 Å². The Hall–Kier alpha value is -6.94. The molecule has 0 N–H and O–H groups in total. The van der Waals surface area contributed by atoms with Crippen LogP contribution in [0.25, 0.3) is 0 Å². The Labute approximate surface area is 336 Å². The van der Waals surface area contributed by atoms with Crippen molar-refractivity contribution in [2.75, 3.05) is 0 Å². The van der Waals surface area contributed by atoms with Crippen molar-refractivity contribution in [3.63, 3.8) is 0 Å². The topological polar surface area (TPSA) is 52.6 Å². The first-order valence-electron chi connectivity index (χ1n) is 18.4. The van der Waals surface area contributed by atoms with Crippen molar-refractivity contribution >= 4 is 11.6 Å². The van der Waals surface area contributed by atoms with E-state index in [4.69, 9.17) is 9.47 Å². The summed E-state index contributed by atoms with van der Waals surface area (Å²) < 4.78 is 101. The zero-order valence-corrected chi connectivity index (χ0v) is 31.4. The minimum atomic E-state index is -5.81. The molecule has 7 aromatic rings. The smallest absolute Gasteiger partial charge is 0.411 e. The molecule has 0 spiro atoms. The summed E-state index contributed by atoms with van der Waals surface area (Å²) >= 11 is 0. The number of halogens is 6. The van der Waals surface area contributed by atoms with Gasteiger partial charge in [0.15, 0.2) is 11.6 Å². The zero-order chi connectivity index (χ0) is 41.8. The van der Waals surface area contributed by atoms with Crippen molar-refractivity contribution in [2.24, 2.45) is 0 Å². The highest BCUT2D eigenvalue weighted by atomic mass is 19.4. The summed E-state index contributed by atoms with van der Waals surface area (Å²) in [5.41, 5.74) is -1.65. The average Bonchev–Trinajstić information content (AvgIpc) is 3.22. The van der Waals surface area contributed by atoms with Gasteiger partial charge < -0.3 is 9.47 Å². The van der Waals surface area contributed by atoms with Gasteiger partial charge in [0.1, 0.15) is 23.0 Å². The third kappa shape index (κ3) is 8.67. The average molecular weight is 801 g/mol. The third-order valence-corrected chi connectivity index (χ3v) is 9.91. The quantitative estimate of drug-likeness (QED) is 0.0912. The number of aryl methyl sites for hydroxylation is 1. The molecular formula is C49H34F6O4. The molecule has 0 aliphatic rings. The summed E-state index contributed by atoms with van der Waals surface area (Å²) in [7, 11) is 0. The van der Waals surface area contributed by atoms with Gasteiger partial charge >= 0.3 is 12.4 Å². The van der Waals surface area contributed by atoms with E-state index in [1.54, 1.807) is 24.3 Å². The van der Waals surface area contributed by atoms with E-state index in [-0.39, 0.29) is 34.6 Å². The van der Waals surface area contributed by atoms with Crippen molar-refractivity contribution in [3.05, 3.63) is 226 Å². The minimum absolute atomic E-state index is 0.0159. The van der Waals surface area contributed by atoms with Gasteiger partial charge in [0.2, 0.25) is 5.41 Å². The first kappa shape index (κ1) is 40.3. The van der Waals surface area contributed by atoms with Gasteiger partial charge in [-0.1, -0.05) is 109 Å². The minimum Gasteiger partial charge on any atom is -0.457 e. The second-order valence-electron chi connectivity index (χ2n) is 13.9. The highest BCUT2D eigenvalue weighted by Crippen LogP contribution is 2.56. The monoisotopic (exact) mass is 800 g/mol. The van der Waals surface area contributed by atoms with Crippen molar-refractivity contribution in [2.45, 2.75) is 31.1 Å². The van der Waals surface area contributed by atoms with E-state index in [9.17, 15) is 35.9 Å². The SMILES string of the molecule is Cc1ccc(C(=O)c2ccc(Oc3ccc(C(c4ccc(Oc5ccc(C(=O)c6ccc(Cc7ccccc7)cc6)cc5)cc4)(C(F)(F)F)C(F)(F)F)cc3)cc2)cc1. The predicted molar refractivity (Wildman–Crippen MR) is 213 cm³/mol. The van der Waals surface area contributed by atoms with Crippen molar-refractivity contribution < 1.29 is 45.4 Å². The first-order chi connectivity index (χ1) is 28.2. The summed E-state index contributed by atoms with van der Waals surface area (Å²) in [5, 5.41) is 0. The fraction of sp³-hybridized carbons (Fsp3) is 0.102. The number of benzene rings is 7. The van der Waals surface area contributed by atoms with Gasteiger partial charge in [-0.15, -0.1) is 0 Å². The Morgan fingerprint density at radius 3 is 1.07 bits per heavy atom. The van der Waals surface area contributed by atoms with E-state index in [1.807, 2.05) is 61.5 Å². The summed E-state index contributed by atoms with van der Waals surface area (Å²) in [4.78, 5) is 25.9. The van der Waals surface area contributed by atoms with Crippen LogP contribution in [0.15, 0.2) is 176 Å². The van der Waals surface area contributed by atoms with Crippen molar-refractivity contribution in [1.82, 2.24) is 0 Å². The number of rotatable bonds is 12. The third-order valence-electron chi connectivity index (χ3n) is 9.91. The summed E-state index contributed by atoms with van der Waals surface area (Å²) in [5.74, 6) is -0.0573. The molecule has 0 unspecified atom stereocenters. The fourth-order valence-corrected chi connectivity index (χ4v) is 6.79. The summed E-state index contributed by atoms with van der Waals surface area (Å²) in [6, 6.07) is 43.3. The van der Waals surface area contributed by atoms with E-state index < -0.39 is 28.9 Å². The summed E-state index contributed by atoms with van der Waals surface area (Å²) in [6.07, 6.45) is -10.9. The number of ketones is 2. The number of carbonyl (C=O) groups is 2. The van der Waals surface area contributed by atoms with Gasteiger partial charge in [0, 0.05) is 22.3 Å². The lowest BCUT2D eigenvalue weighted by atomic mass is 9.73. The molecule has 4 nitrogen and oxygen atoms in total. The van der Waals surface area contributed by atoms with Gasteiger partial charge in [-0.2, -0.15) is 26.3 Å². The Bertz CT molecular complexity index is 2510. The van der Waals surface area contributed by atoms with Gasteiger partial charge in [-0.05, 0) is 108 Å². The van der Waals surface area contributed by atoms with Crippen LogP contribution < -0.4 is 9.47 Å². The highest BCUT2D eigenvalue weighted by molar-refractivity contribution is 6.09. The van der Waals surface area contributed by atoms with Crippen LogP contribution in [0.3, 0.4) is 0 Å². The number of ether oxygens (including phenoxy) is 2. The molecule has 0 aliphatic carbocycles. The largest absolute Gasteiger partial charge is 0.457 e. The molecule has 0 atom stereocenters. The molecule has 0 saturated carbocycles. The van der Waals surface area contributed by atoms with Gasteiger partial charge in [0.25, 0.3) is 0 Å². The number of hydrogen-bond donors (Lipinski definition) is 0. The molecule has 0 saturated heterocycles. The van der Waals surface area contributed by atoms with Crippen LogP contribution >= 0.6 is 0 Å². The van der Waals surface area contributed by atoms with Crippen LogP contribution in [0.2, 0.25) is 0 Å². The molecule has 7 aromatic carbocycles. The molecular weight excluding hydrogens is 767 g/mol. The number of carbonyl (C=O) groups excluding carboxylic acids is 2. The molecule has 0 aliphatic heterocycles. The lowest BCUT2D eigenvalue weighted by Gasteiger charge is -2.38. The van der Waals surface area contributed by atoms with Crippen LogP contribution in [0.5, 0.6) is 23.0 Å². The van der Waals surface area contributed by atoms with Crippen molar-refractivity contribution in [1.29, 1.82) is 0 Å². The van der Waals surface area contributed by atoms with Crippen LogP contribution in [0, 0.1) is 6.92 Å². The molecule has 0 amide bonds. The van der Waals surface area contributed by atoms with E-state index in [2.05, 4.69) is 0 Å². The molecule has 0 radical (unpaired) electrons. The van der Waals surface area contributed by atoms with Crippen LogP contribution in [-0.2, 0) is 11.8 Å². The lowest BCUT2D eigenvalue weighted by molar-refractivity contribution is -0.288. The Kier molecular flexibility index (Phi) is 11.3. The van der Waals surface area contributed by atoms with Gasteiger partial charge in [0.05, 0.1) is 0 Å². The maximum atomic E-state index is 14.9. The van der Waals surface area contributed by atoms with Crippen LogP contribution in [0.4, 0.5) is 26.3 Å². The Morgan fingerprint density at radius 2 is 0.712 bits per heavy atom. The normalized spacial score (nSPS) is 11.8. The second-order valence-corrected chi connectivity index (χ2v) is 13.9. The van der Waals surface area contributed by atoms with E-state index >= 15 is 0 Å². The Balaban J connectivity index is 1.05. The maximum absolute atomic E-state index is 14.9. The fourth-order valence-electron chi connectivity index (χ4n) is 6.79. The Morgan fingerprint density at radius 1 is 0.407 bits per heavy atom. The number of alkyl halides is 6. The summed E-state index contributed by atoms with van der Waals surface area (Å²) in [6.45, 7) is 1.90. The zero-order valence-electron chi connectivity index (χ0n) is 31.4. The second kappa shape index (κ2) is 16.5. The lowest BCUT2D eigenvalue weighted by Crippen LogP contribution is -2.54. The van der Waals surface area contributed by atoms with Crippen LogP contribution in [0.1, 0.15) is 59.7 Å². The molecule has 296 valence electrons. The molecule has 0 fully saturated rings. The molecule has 10 heteroatoms. The predicted octanol–water partition coefficient (Wildman–Crippen LogP) is 13.0. The molecule has 0 heterocycles. The first-order valence-corrected chi connectivity index (χ1v) is 18.4. The van der Waals surface area contributed by atoms with Gasteiger partial charge in [-0.25, -0.2) is 0 Å². The molecule has 7 rings (SSSR count). The highest BCUT2D eigenvalue weighted by Gasteiger charge is 2.72. The molecule has 0 bridgehead atoms. The van der Waals surface area contributed by atoms with Gasteiger partial charge in [-0.3, -0.25) is 9.59 Å². The van der Waals surface area contributed by atoms with E-state index in [0.29, 0.717) is 22.3 Å². The molecule has 0 aromatic heterocycles. The number of hydrogen-bond acceptors (Lipinski definition) is 4. The van der Waals surface area contributed by atoms with Crippen LogP contribution in [-0.4, -0.2) is 23.9 Å². The van der Waals surface area contributed by atoms with E-state index in [0.717, 1.165) is 71.6 Å².